The van der Waals surface area contributed by atoms with Crippen molar-refractivity contribution in [3.63, 3.8) is 0 Å². The number of alkyl halides is 3. The van der Waals surface area contributed by atoms with Gasteiger partial charge in [-0.05, 0) is 6.07 Å². The van der Waals surface area contributed by atoms with Crippen LogP contribution in [-0.2, 0) is 6.18 Å². The number of nitro groups is 1. The van der Waals surface area contributed by atoms with Gasteiger partial charge in [-0.2, -0.15) is 13.2 Å². The van der Waals surface area contributed by atoms with Crippen molar-refractivity contribution in [2.24, 2.45) is 0 Å². The van der Waals surface area contributed by atoms with Crippen LogP contribution < -0.4 is 0 Å². The standard InChI is InChI=1S/C8H6ClF3N2O3/c9-7-4(5(15)3-14(16)17)1-2-6(13-7)8(10,11)12/h1-2,5,15H,3H2/t5-/m1/s1. The Morgan fingerprint density at radius 2 is 2.12 bits per heavy atom. The molecule has 1 atom stereocenters. The minimum atomic E-state index is -4.66. The van der Waals surface area contributed by atoms with Crippen molar-refractivity contribution in [2.75, 3.05) is 6.54 Å². The fourth-order valence-corrected chi connectivity index (χ4v) is 1.37. The first-order valence-electron chi connectivity index (χ1n) is 4.25. The molecule has 1 aromatic heterocycles. The highest BCUT2D eigenvalue weighted by molar-refractivity contribution is 6.30. The molecule has 9 heteroatoms. The summed E-state index contributed by atoms with van der Waals surface area (Å²) in [5.74, 6) is 0. The first-order valence-corrected chi connectivity index (χ1v) is 4.63. The lowest BCUT2D eigenvalue weighted by Crippen LogP contribution is -2.14. The Labute approximate surface area is 98.0 Å². The van der Waals surface area contributed by atoms with E-state index in [1.54, 1.807) is 0 Å². The van der Waals surface area contributed by atoms with Crippen molar-refractivity contribution in [1.29, 1.82) is 0 Å². The van der Waals surface area contributed by atoms with Gasteiger partial charge in [-0.15, -0.1) is 0 Å². The summed E-state index contributed by atoms with van der Waals surface area (Å²) < 4.78 is 36.7. The zero-order valence-corrected chi connectivity index (χ0v) is 8.87. The number of aliphatic hydroxyl groups is 1. The second kappa shape index (κ2) is 4.84. The van der Waals surface area contributed by atoms with Crippen LogP contribution in [0.1, 0.15) is 17.4 Å². The van der Waals surface area contributed by atoms with Crippen LogP contribution in [0.15, 0.2) is 12.1 Å². The lowest BCUT2D eigenvalue weighted by Gasteiger charge is -2.10. The molecule has 0 aliphatic rings. The summed E-state index contributed by atoms with van der Waals surface area (Å²) in [6, 6.07) is 1.47. The predicted octanol–water partition coefficient (Wildman–Crippen LogP) is 2.06. The Hall–Kier alpha value is -1.41. The van der Waals surface area contributed by atoms with Gasteiger partial charge in [0.05, 0.1) is 0 Å². The van der Waals surface area contributed by atoms with Crippen LogP contribution >= 0.6 is 11.6 Å². The van der Waals surface area contributed by atoms with Crippen LogP contribution in [0.25, 0.3) is 0 Å². The molecule has 0 spiro atoms. The fraction of sp³-hybridized carbons (Fsp3) is 0.375. The van der Waals surface area contributed by atoms with E-state index in [1.807, 2.05) is 0 Å². The number of aliphatic hydroxyl groups excluding tert-OH is 1. The van der Waals surface area contributed by atoms with Crippen molar-refractivity contribution in [3.8, 4) is 0 Å². The minimum Gasteiger partial charge on any atom is -0.381 e. The highest BCUT2D eigenvalue weighted by Crippen LogP contribution is 2.30. The van der Waals surface area contributed by atoms with E-state index >= 15 is 0 Å². The van der Waals surface area contributed by atoms with Crippen molar-refractivity contribution in [1.82, 2.24) is 4.98 Å². The third-order valence-corrected chi connectivity index (χ3v) is 2.15. The van der Waals surface area contributed by atoms with Gasteiger partial charge in [0.2, 0.25) is 6.54 Å². The molecular formula is C8H6ClF3N2O3. The summed E-state index contributed by atoms with van der Waals surface area (Å²) in [6.45, 7) is -0.854. The number of hydrogen-bond acceptors (Lipinski definition) is 4. The second-order valence-corrected chi connectivity index (χ2v) is 3.46. The molecule has 0 aliphatic heterocycles. The number of hydrogen-bond donors (Lipinski definition) is 1. The molecule has 1 heterocycles. The number of halogens is 4. The van der Waals surface area contributed by atoms with E-state index < -0.39 is 34.6 Å². The monoisotopic (exact) mass is 270 g/mol. The van der Waals surface area contributed by atoms with Crippen LogP contribution in [0, 0.1) is 10.1 Å². The van der Waals surface area contributed by atoms with Gasteiger partial charge in [0.1, 0.15) is 17.0 Å². The molecule has 0 radical (unpaired) electrons. The molecule has 0 amide bonds. The minimum absolute atomic E-state index is 0.212. The van der Waals surface area contributed by atoms with Gasteiger partial charge in [0.15, 0.2) is 0 Å². The fourth-order valence-electron chi connectivity index (χ4n) is 1.09. The molecule has 0 aromatic carbocycles. The molecule has 1 rings (SSSR count). The number of nitrogens with zero attached hydrogens (tertiary/aromatic N) is 2. The highest BCUT2D eigenvalue weighted by atomic mass is 35.5. The zero-order chi connectivity index (χ0) is 13.2. The number of pyridine rings is 1. The lowest BCUT2D eigenvalue weighted by atomic mass is 10.1. The number of aromatic nitrogens is 1. The second-order valence-electron chi connectivity index (χ2n) is 3.11. The Balaban J connectivity index is 3.02. The Morgan fingerprint density at radius 3 is 2.53 bits per heavy atom. The quantitative estimate of drug-likeness (QED) is 0.518. The summed E-state index contributed by atoms with van der Waals surface area (Å²) in [6.07, 6.45) is -6.25. The van der Waals surface area contributed by atoms with Gasteiger partial charge in [-0.25, -0.2) is 4.98 Å². The van der Waals surface area contributed by atoms with Crippen LogP contribution in [0.2, 0.25) is 5.15 Å². The molecule has 5 nitrogen and oxygen atoms in total. The number of rotatable bonds is 3. The maximum absolute atomic E-state index is 12.2. The molecule has 17 heavy (non-hydrogen) atoms. The molecule has 0 bridgehead atoms. The first-order chi connectivity index (χ1) is 7.71. The zero-order valence-electron chi connectivity index (χ0n) is 8.11. The molecule has 0 aliphatic carbocycles. The van der Waals surface area contributed by atoms with Gasteiger partial charge in [0, 0.05) is 10.5 Å². The van der Waals surface area contributed by atoms with Crippen molar-refractivity contribution in [2.45, 2.75) is 12.3 Å². The Morgan fingerprint density at radius 1 is 1.53 bits per heavy atom. The summed E-state index contributed by atoms with van der Waals surface area (Å²) in [4.78, 5) is 12.3. The van der Waals surface area contributed by atoms with Crippen LogP contribution in [0.3, 0.4) is 0 Å². The molecular weight excluding hydrogens is 265 g/mol. The first kappa shape index (κ1) is 13.7. The molecule has 0 saturated carbocycles. The van der Waals surface area contributed by atoms with E-state index in [0.717, 1.165) is 6.07 Å². The summed E-state index contributed by atoms with van der Waals surface area (Å²) >= 11 is 5.42. The highest BCUT2D eigenvalue weighted by Gasteiger charge is 2.33. The average Bonchev–Trinajstić information content (AvgIpc) is 2.14. The normalized spacial score (nSPS) is 13.5. The smallest absolute Gasteiger partial charge is 0.381 e. The van der Waals surface area contributed by atoms with E-state index in [9.17, 15) is 28.4 Å². The van der Waals surface area contributed by atoms with Crippen molar-refractivity contribution in [3.05, 3.63) is 38.7 Å². The third-order valence-electron chi connectivity index (χ3n) is 1.85. The van der Waals surface area contributed by atoms with E-state index in [0.29, 0.717) is 6.07 Å². The van der Waals surface area contributed by atoms with Gasteiger partial charge in [-0.1, -0.05) is 17.7 Å². The van der Waals surface area contributed by atoms with Crippen molar-refractivity contribution < 1.29 is 23.2 Å². The maximum Gasteiger partial charge on any atom is 0.433 e. The lowest BCUT2D eigenvalue weighted by molar-refractivity contribution is -0.491. The summed E-state index contributed by atoms with van der Waals surface area (Å²) in [5.41, 5.74) is -1.43. The SMILES string of the molecule is O=[N+]([O-])C[C@@H](O)c1ccc(C(F)(F)F)nc1Cl. The molecule has 94 valence electrons. The third kappa shape index (κ3) is 3.53. The topological polar surface area (TPSA) is 76.3 Å². The van der Waals surface area contributed by atoms with Gasteiger partial charge in [0.25, 0.3) is 0 Å². The van der Waals surface area contributed by atoms with Gasteiger partial charge >= 0.3 is 6.18 Å². The summed E-state index contributed by atoms with van der Waals surface area (Å²) in [5, 5.41) is 18.8. The molecule has 0 unspecified atom stereocenters. The van der Waals surface area contributed by atoms with Crippen molar-refractivity contribution >= 4 is 11.6 Å². The summed E-state index contributed by atoms with van der Waals surface area (Å²) in [7, 11) is 0. The largest absolute Gasteiger partial charge is 0.433 e. The Bertz CT molecular complexity index is 439. The molecule has 1 aromatic rings. The van der Waals surface area contributed by atoms with E-state index in [2.05, 4.69) is 4.98 Å². The Kier molecular flexibility index (Phi) is 3.89. The van der Waals surface area contributed by atoms with Gasteiger partial charge < -0.3 is 5.11 Å². The molecule has 1 N–H and O–H groups in total. The molecule has 0 fully saturated rings. The van der Waals surface area contributed by atoms with Crippen LogP contribution in [0.4, 0.5) is 13.2 Å². The van der Waals surface area contributed by atoms with E-state index in [4.69, 9.17) is 11.6 Å². The van der Waals surface area contributed by atoms with Gasteiger partial charge in [-0.3, -0.25) is 10.1 Å². The maximum atomic E-state index is 12.2. The van der Waals surface area contributed by atoms with Crippen LogP contribution in [-0.4, -0.2) is 21.6 Å². The van der Waals surface area contributed by atoms with Crippen LogP contribution in [0.5, 0.6) is 0 Å². The predicted molar refractivity (Wildman–Crippen MR) is 51.1 cm³/mol. The van der Waals surface area contributed by atoms with E-state index in [-0.39, 0.29) is 5.56 Å². The molecule has 0 saturated heterocycles. The average molecular weight is 271 g/mol. The van der Waals surface area contributed by atoms with E-state index in [1.165, 1.54) is 0 Å².